The third kappa shape index (κ3) is 4.40. The molecule has 0 radical (unpaired) electrons. The summed E-state index contributed by atoms with van der Waals surface area (Å²) < 4.78 is 1.21. The van der Waals surface area contributed by atoms with E-state index in [-0.39, 0.29) is 0 Å². The van der Waals surface area contributed by atoms with Crippen LogP contribution in [-0.4, -0.2) is 12.6 Å². The lowest BCUT2D eigenvalue weighted by atomic mass is 9.82. The molecule has 1 N–H and O–H groups in total. The van der Waals surface area contributed by atoms with Gasteiger partial charge in [0.15, 0.2) is 0 Å². The van der Waals surface area contributed by atoms with Gasteiger partial charge in [-0.15, -0.1) is 0 Å². The van der Waals surface area contributed by atoms with Crippen LogP contribution >= 0.6 is 15.9 Å². The first-order valence-electron chi connectivity index (χ1n) is 7.25. The number of rotatable bonds is 5. The predicted molar refractivity (Wildman–Crippen MR) is 81.9 cm³/mol. The highest BCUT2D eigenvalue weighted by molar-refractivity contribution is 9.10. The van der Waals surface area contributed by atoms with E-state index in [1.807, 2.05) is 0 Å². The van der Waals surface area contributed by atoms with Gasteiger partial charge >= 0.3 is 0 Å². The molecule has 1 aliphatic rings. The van der Waals surface area contributed by atoms with E-state index in [4.69, 9.17) is 0 Å². The van der Waals surface area contributed by atoms with Crippen LogP contribution in [0.2, 0.25) is 0 Å². The molecule has 2 unspecified atom stereocenters. The highest BCUT2D eigenvalue weighted by Crippen LogP contribution is 2.28. The topological polar surface area (TPSA) is 12.0 Å². The molecule has 1 aliphatic carbocycles. The lowest BCUT2D eigenvalue weighted by Gasteiger charge is -2.30. The summed E-state index contributed by atoms with van der Waals surface area (Å²) in [5.74, 6) is 0.863. The minimum absolute atomic E-state index is 0.760. The number of benzene rings is 1. The summed E-state index contributed by atoms with van der Waals surface area (Å²) in [5.41, 5.74) is 1.48. The summed E-state index contributed by atoms with van der Waals surface area (Å²) in [6.45, 7) is 3.42. The summed E-state index contributed by atoms with van der Waals surface area (Å²) >= 11 is 3.56. The maximum atomic E-state index is 3.69. The van der Waals surface area contributed by atoms with E-state index in [9.17, 15) is 0 Å². The van der Waals surface area contributed by atoms with Crippen LogP contribution < -0.4 is 5.32 Å². The van der Waals surface area contributed by atoms with Crippen LogP contribution in [0, 0.1) is 5.92 Å². The van der Waals surface area contributed by atoms with Gasteiger partial charge in [0.1, 0.15) is 0 Å². The smallest absolute Gasteiger partial charge is 0.0177 e. The quantitative estimate of drug-likeness (QED) is 0.841. The second-order valence-corrected chi connectivity index (χ2v) is 6.43. The first-order chi connectivity index (χ1) is 8.78. The minimum atomic E-state index is 0.760. The first kappa shape index (κ1) is 14.1. The van der Waals surface area contributed by atoms with Crippen LogP contribution in [0.15, 0.2) is 28.7 Å². The van der Waals surface area contributed by atoms with Crippen LogP contribution in [0.3, 0.4) is 0 Å². The predicted octanol–water partition coefficient (Wildman–Crippen LogP) is 4.55. The summed E-state index contributed by atoms with van der Waals surface area (Å²) in [5, 5.41) is 3.69. The Morgan fingerprint density at radius 3 is 3.00 bits per heavy atom. The standard InChI is InChI=1S/C16H24BrN/c1-2-9-18-16-8-4-6-14(12-16)10-13-5-3-7-15(17)11-13/h3,5,7,11,14,16,18H,2,4,6,8-10,12H2,1H3. The molecule has 18 heavy (non-hydrogen) atoms. The van der Waals surface area contributed by atoms with Gasteiger partial charge in [0.05, 0.1) is 0 Å². The zero-order valence-electron chi connectivity index (χ0n) is 11.3. The lowest BCUT2D eigenvalue weighted by molar-refractivity contribution is 0.284. The van der Waals surface area contributed by atoms with Crippen molar-refractivity contribution in [1.29, 1.82) is 0 Å². The molecule has 0 amide bonds. The number of hydrogen-bond acceptors (Lipinski definition) is 1. The fourth-order valence-corrected chi connectivity index (χ4v) is 3.45. The fraction of sp³-hybridized carbons (Fsp3) is 0.625. The number of nitrogens with one attached hydrogen (secondary N) is 1. The zero-order chi connectivity index (χ0) is 12.8. The van der Waals surface area contributed by atoms with Crippen molar-refractivity contribution in [3.8, 4) is 0 Å². The number of hydrogen-bond donors (Lipinski definition) is 1. The molecule has 1 saturated carbocycles. The third-order valence-corrected chi connectivity index (χ3v) is 4.37. The average Bonchev–Trinajstić information content (AvgIpc) is 2.37. The Morgan fingerprint density at radius 1 is 1.33 bits per heavy atom. The Bertz CT molecular complexity index is 364. The highest BCUT2D eigenvalue weighted by Gasteiger charge is 2.21. The normalized spacial score (nSPS) is 24.1. The molecule has 2 atom stereocenters. The van der Waals surface area contributed by atoms with Gasteiger partial charge in [0.25, 0.3) is 0 Å². The minimum Gasteiger partial charge on any atom is -0.314 e. The van der Waals surface area contributed by atoms with E-state index < -0.39 is 0 Å². The Balaban J connectivity index is 1.85. The molecule has 0 aliphatic heterocycles. The van der Waals surface area contributed by atoms with Crippen LogP contribution in [0.4, 0.5) is 0 Å². The van der Waals surface area contributed by atoms with Crippen molar-refractivity contribution in [3.05, 3.63) is 34.3 Å². The SMILES string of the molecule is CCCNC1CCCC(Cc2cccc(Br)c2)C1. The summed E-state index contributed by atoms with van der Waals surface area (Å²) in [7, 11) is 0. The maximum Gasteiger partial charge on any atom is 0.0177 e. The second kappa shape index (κ2) is 7.30. The van der Waals surface area contributed by atoms with Gasteiger partial charge in [-0.1, -0.05) is 47.8 Å². The fourth-order valence-electron chi connectivity index (χ4n) is 3.01. The molecular weight excluding hydrogens is 286 g/mol. The lowest BCUT2D eigenvalue weighted by Crippen LogP contribution is -2.35. The van der Waals surface area contributed by atoms with E-state index in [0.717, 1.165) is 12.0 Å². The molecule has 2 heteroatoms. The summed E-state index contributed by atoms with van der Waals surface area (Å²) in [6, 6.07) is 9.54. The Hall–Kier alpha value is -0.340. The Labute approximate surface area is 119 Å². The molecule has 1 aromatic carbocycles. The van der Waals surface area contributed by atoms with Crippen molar-refractivity contribution >= 4 is 15.9 Å². The molecule has 0 heterocycles. The van der Waals surface area contributed by atoms with E-state index in [0.29, 0.717) is 0 Å². The van der Waals surface area contributed by atoms with Gasteiger partial charge in [0.2, 0.25) is 0 Å². The second-order valence-electron chi connectivity index (χ2n) is 5.52. The van der Waals surface area contributed by atoms with Crippen molar-refractivity contribution in [3.63, 3.8) is 0 Å². The van der Waals surface area contributed by atoms with E-state index in [2.05, 4.69) is 52.4 Å². The van der Waals surface area contributed by atoms with Gasteiger partial charge in [-0.25, -0.2) is 0 Å². The highest BCUT2D eigenvalue weighted by atomic mass is 79.9. The van der Waals surface area contributed by atoms with Gasteiger partial charge in [0, 0.05) is 10.5 Å². The van der Waals surface area contributed by atoms with Crippen molar-refractivity contribution < 1.29 is 0 Å². The molecule has 0 spiro atoms. The first-order valence-corrected chi connectivity index (χ1v) is 8.05. The van der Waals surface area contributed by atoms with Crippen molar-refractivity contribution in [2.24, 2.45) is 5.92 Å². The van der Waals surface area contributed by atoms with Crippen molar-refractivity contribution in [1.82, 2.24) is 5.32 Å². The molecule has 1 fully saturated rings. The van der Waals surface area contributed by atoms with Crippen LogP contribution in [0.1, 0.15) is 44.6 Å². The Kier molecular flexibility index (Phi) is 5.71. The van der Waals surface area contributed by atoms with E-state index in [1.54, 1.807) is 0 Å². The average molecular weight is 310 g/mol. The Morgan fingerprint density at radius 2 is 2.22 bits per heavy atom. The molecule has 0 saturated heterocycles. The molecule has 0 aromatic heterocycles. The van der Waals surface area contributed by atoms with E-state index in [1.165, 1.54) is 55.1 Å². The van der Waals surface area contributed by atoms with Crippen LogP contribution in [0.25, 0.3) is 0 Å². The molecule has 1 nitrogen and oxygen atoms in total. The van der Waals surface area contributed by atoms with Gasteiger partial charge in [-0.2, -0.15) is 0 Å². The monoisotopic (exact) mass is 309 g/mol. The molecule has 0 bridgehead atoms. The molecule has 100 valence electrons. The van der Waals surface area contributed by atoms with Gasteiger partial charge in [-0.05, 0) is 55.8 Å². The molecule has 1 aromatic rings. The zero-order valence-corrected chi connectivity index (χ0v) is 12.9. The molecular formula is C16H24BrN. The number of halogens is 1. The molecule has 2 rings (SSSR count). The largest absolute Gasteiger partial charge is 0.314 e. The van der Waals surface area contributed by atoms with Gasteiger partial charge in [-0.3, -0.25) is 0 Å². The van der Waals surface area contributed by atoms with Crippen molar-refractivity contribution in [2.75, 3.05) is 6.54 Å². The third-order valence-electron chi connectivity index (χ3n) is 3.88. The van der Waals surface area contributed by atoms with Crippen molar-refractivity contribution in [2.45, 2.75) is 51.5 Å². The summed E-state index contributed by atoms with van der Waals surface area (Å²) in [6.07, 6.45) is 7.99. The maximum absolute atomic E-state index is 3.69. The van der Waals surface area contributed by atoms with Crippen LogP contribution in [-0.2, 0) is 6.42 Å². The van der Waals surface area contributed by atoms with Gasteiger partial charge < -0.3 is 5.32 Å². The summed E-state index contributed by atoms with van der Waals surface area (Å²) in [4.78, 5) is 0. The van der Waals surface area contributed by atoms with E-state index >= 15 is 0 Å². The van der Waals surface area contributed by atoms with Crippen LogP contribution in [0.5, 0.6) is 0 Å².